The molecule has 2 aliphatic rings. The second kappa shape index (κ2) is 6.11. The quantitative estimate of drug-likeness (QED) is 0.289. The third-order valence-corrected chi connectivity index (χ3v) is 7.86. The molecule has 6 rings (SSSR count). The highest BCUT2D eigenvalue weighted by molar-refractivity contribution is 6.33. The first kappa shape index (κ1) is 18.9. The minimum atomic E-state index is -0.100. The van der Waals surface area contributed by atoms with Crippen molar-refractivity contribution in [3.63, 3.8) is 0 Å². The van der Waals surface area contributed by atoms with Gasteiger partial charge in [0, 0.05) is 21.4 Å². The molecule has 4 aromatic rings. The van der Waals surface area contributed by atoms with Gasteiger partial charge in [-0.25, -0.2) is 0 Å². The summed E-state index contributed by atoms with van der Waals surface area (Å²) in [5, 5.41) is 0.810. The van der Waals surface area contributed by atoms with Gasteiger partial charge in [0.15, 0.2) is 0 Å². The highest BCUT2D eigenvalue weighted by Gasteiger charge is 2.45. The van der Waals surface area contributed by atoms with Crippen molar-refractivity contribution < 1.29 is 0 Å². The van der Waals surface area contributed by atoms with Gasteiger partial charge in [0.05, 0.1) is 0 Å². The fourth-order valence-electron chi connectivity index (χ4n) is 6.04. The Bertz CT molecular complexity index is 1390. The van der Waals surface area contributed by atoms with E-state index in [1.165, 1.54) is 50.1 Å². The predicted octanol–water partition coefficient (Wildman–Crippen LogP) is 8.62. The Hall–Kier alpha value is -2.83. The molecule has 0 saturated carbocycles. The molecular formula is C30H25Cl. The van der Waals surface area contributed by atoms with Gasteiger partial charge in [-0.15, -0.1) is 0 Å². The van der Waals surface area contributed by atoms with Gasteiger partial charge in [0.2, 0.25) is 0 Å². The molecule has 0 radical (unpaired) electrons. The Balaban J connectivity index is 1.84. The van der Waals surface area contributed by atoms with Crippen LogP contribution in [0.1, 0.15) is 49.9 Å². The molecule has 0 aliphatic heterocycles. The number of halogens is 1. The third kappa shape index (κ3) is 2.32. The van der Waals surface area contributed by atoms with Crippen LogP contribution in [0.2, 0.25) is 5.02 Å². The Morgan fingerprint density at radius 2 is 1.03 bits per heavy atom. The van der Waals surface area contributed by atoms with Crippen molar-refractivity contribution in [2.75, 3.05) is 0 Å². The maximum Gasteiger partial charge on any atom is 0.0484 e. The van der Waals surface area contributed by atoms with Crippen molar-refractivity contribution in [2.24, 2.45) is 0 Å². The van der Waals surface area contributed by atoms with Gasteiger partial charge < -0.3 is 0 Å². The van der Waals surface area contributed by atoms with Crippen LogP contribution < -0.4 is 0 Å². The topological polar surface area (TPSA) is 0 Å². The summed E-state index contributed by atoms with van der Waals surface area (Å²) in [4.78, 5) is 0. The van der Waals surface area contributed by atoms with Gasteiger partial charge in [-0.3, -0.25) is 0 Å². The van der Waals surface area contributed by atoms with Crippen molar-refractivity contribution >= 4 is 11.6 Å². The first-order chi connectivity index (χ1) is 14.8. The first-order valence-corrected chi connectivity index (χ1v) is 11.4. The minimum Gasteiger partial charge on any atom is -0.0837 e. The van der Waals surface area contributed by atoms with Crippen molar-refractivity contribution in [2.45, 2.75) is 38.5 Å². The summed E-state index contributed by atoms with van der Waals surface area (Å²) in [5.41, 5.74) is 13.4. The van der Waals surface area contributed by atoms with Crippen LogP contribution in [0.3, 0.4) is 0 Å². The number of hydrogen-bond donors (Lipinski definition) is 0. The Morgan fingerprint density at radius 1 is 0.516 bits per heavy atom. The van der Waals surface area contributed by atoms with Crippen LogP contribution in [0.5, 0.6) is 0 Å². The molecule has 0 amide bonds. The van der Waals surface area contributed by atoms with Gasteiger partial charge in [-0.05, 0) is 62.2 Å². The second-order valence-corrected chi connectivity index (χ2v) is 10.3. The summed E-state index contributed by atoms with van der Waals surface area (Å²) >= 11 is 6.78. The number of fused-ring (bicyclic) bond motifs is 7. The Labute approximate surface area is 189 Å². The molecule has 1 heteroatoms. The zero-order valence-electron chi connectivity index (χ0n) is 18.4. The monoisotopic (exact) mass is 420 g/mol. The van der Waals surface area contributed by atoms with E-state index in [0.29, 0.717) is 0 Å². The van der Waals surface area contributed by atoms with Gasteiger partial charge in [0.25, 0.3) is 0 Å². The lowest BCUT2D eigenvalue weighted by Gasteiger charge is -2.28. The van der Waals surface area contributed by atoms with E-state index in [4.69, 9.17) is 11.6 Å². The van der Waals surface area contributed by atoms with Gasteiger partial charge >= 0.3 is 0 Å². The third-order valence-electron chi connectivity index (χ3n) is 7.53. The number of rotatable bonds is 1. The molecule has 0 saturated heterocycles. The van der Waals surface area contributed by atoms with E-state index in [0.717, 1.165) is 10.6 Å². The summed E-state index contributed by atoms with van der Waals surface area (Å²) in [6.07, 6.45) is 0. The highest BCUT2D eigenvalue weighted by Crippen LogP contribution is 2.61. The predicted molar refractivity (Wildman–Crippen MR) is 132 cm³/mol. The van der Waals surface area contributed by atoms with E-state index in [1.807, 2.05) is 12.1 Å². The molecule has 0 bridgehead atoms. The van der Waals surface area contributed by atoms with Crippen LogP contribution in [-0.4, -0.2) is 0 Å². The van der Waals surface area contributed by atoms with Gasteiger partial charge in [-0.2, -0.15) is 0 Å². The Morgan fingerprint density at radius 3 is 1.68 bits per heavy atom. The average Bonchev–Trinajstić information content (AvgIpc) is 3.14. The second-order valence-electron chi connectivity index (χ2n) is 9.92. The summed E-state index contributed by atoms with van der Waals surface area (Å²) in [6, 6.07) is 28.6. The molecule has 0 atom stereocenters. The molecule has 2 aliphatic carbocycles. The van der Waals surface area contributed by atoms with E-state index in [2.05, 4.69) is 94.4 Å². The molecular weight excluding hydrogens is 396 g/mol. The lowest BCUT2D eigenvalue weighted by atomic mass is 9.75. The van der Waals surface area contributed by atoms with E-state index in [-0.39, 0.29) is 10.8 Å². The fourth-order valence-corrected chi connectivity index (χ4v) is 6.28. The van der Waals surface area contributed by atoms with Crippen LogP contribution in [0, 0.1) is 0 Å². The molecule has 152 valence electrons. The van der Waals surface area contributed by atoms with Crippen LogP contribution >= 0.6 is 11.6 Å². The van der Waals surface area contributed by atoms with Gasteiger partial charge in [0.1, 0.15) is 0 Å². The maximum atomic E-state index is 6.78. The maximum absolute atomic E-state index is 6.78. The smallest absolute Gasteiger partial charge is 0.0484 e. The average molecular weight is 421 g/mol. The van der Waals surface area contributed by atoms with Crippen LogP contribution in [0.15, 0.2) is 78.9 Å². The fraction of sp³-hybridized carbons (Fsp3) is 0.200. The molecule has 0 N–H and O–H groups in total. The van der Waals surface area contributed by atoms with Crippen LogP contribution in [0.25, 0.3) is 33.4 Å². The van der Waals surface area contributed by atoms with Crippen LogP contribution in [0.4, 0.5) is 0 Å². The lowest BCUT2D eigenvalue weighted by molar-refractivity contribution is 0.652. The standard InChI is InChI=1S/C30H25Cl/c1-29(2)22-14-8-5-12-19(22)26-24(29)17-21(18-11-7-10-16-25(18)31)28-27(26)20-13-6-9-15-23(20)30(28,3)4/h5-17H,1-4H3. The van der Waals surface area contributed by atoms with E-state index in [9.17, 15) is 0 Å². The lowest BCUT2D eigenvalue weighted by Crippen LogP contribution is -2.18. The summed E-state index contributed by atoms with van der Waals surface area (Å²) < 4.78 is 0. The molecule has 0 aromatic heterocycles. The first-order valence-electron chi connectivity index (χ1n) is 11.0. The van der Waals surface area contributed by atoms with E-state index >= 15 is 0 Å². The molecule has 0 unspecified atom stereocenters. The molecule has 0 heterocycles. The largest absolute Gasteiger partial charge is 0.0837 e. The SMILES string of the molecule is CC1(C)c2ccccc2-c2c1cc(-c1ccccc1Cl)c1c2-c2ccccc2C1(C)C. The molecule has 4 aromatic carbocycles. The molecule has 0 fully saturated rings. The molecule has 0 spiro atoms. The molecule has 31 heavy (non-hydrogen) atoms. The minimum absolute atomic E-state index is 0.0569. The van der Waals surface area contributed by atoms with Crippen molar-refractivity contribution in [1.82, 2.24) is 0 Å². The summed E-state index contributed by atoms with van der Waals surface area (Å²) in [7, 11) is 0. The number of benzene rings is 4. The van der Waals surface area contributed by atoms with E-state index in [1.54, 1.807) is 0 Å². The summed E-state index contributed by atoms with van der Waals surface area (Å²) in [5.74, 6) is 0. The molecule has 0 nitrogen and oxygen atoms in total. The van der Waals surface area contributed by atoms with Crippen molar-refractivity contribution in [1.29, 1.82) is 0 Å². The normalized spacial score (nSPS) is 16.4. The van der Waals surface area contributed by atoms with Crippen LogP contribution in [-0.2, 0) is 10.8 Å². The van der Waals surface area contributed by atoms with Crippen molar-refractivity contribution in [3.05, 3.63) is 106 Å². The van der Waals surface area contributed by atoms with Gasteiger partial charge in [-0.1, -0.05) is 106 Å². The van der Waals surface area contributed by atoms with E-state index < -0.39 is 0 Å². The Kier molecular flexibility index (Phi) is 3.73. The number of hydrogen-bond acceptors (Lipinski definition) is 0. The highest BCUT2D eigenvalue weighted by atomic mass is 35.5. The zero-order valence-corrected chi connectivity index (χ0v) is 19.1. The summed E-state index contributed by atoms with van der Waals surface area (Å²) in [6.45, 7) is 9.42. The zero-order chi connectivity index (χ0) is 21.5. The van der Waals surface area contributed by atoms with Crippen molar-refractivity contribution in [3.8, 4) is 33.4 Å².